The minimum Gasteiger partial charge on any atom is -0.497 e. The highest BCUT2D eigenvalue weighted by molar-refractivity contribution is 7.17. The van der Waals surface area contributed by atoms with Crippen LogP contribution >= 0.6 is 11.3 Å². The molecule has 0 radical (unpaired) electrons. The lowest BCUT2D eigenvalue weighted by Crippen LogP contribution is -2.28. The number of benzene rings is 2. The van der Waals surface area contributed by atoms with Crippen LogP contribution in [0, 0.1) is 5.82 Å². The maximum atomic E-state index is 13.6. The summed E-state index contributed by atoms with van der Waals surface area (Å²) in [6.45, 7) is 0.928. The summed E-state index contributed by atoms with van der Waals surface area (Å²) in [5.74, 6) is 0.438. The van der Waals surface area contributed by atoms with Crippen molar-refractivity contribution >= 4 is 27.5 Å². The van der Waals surface area contributed by atoms with Gasteiger partial charge >= 0.3 is 0 Å². The van der Waals surface area contributed by atoms with Crippen LogP contribution in [0.25, 0.3) is 10.2 Å². The smallest absolute Gasteiger partial charge is 0.270 e. The van der Waals surface area contributed by atoms with Crippen LogP contribution in [0.5, 0.6) is 5.75 Å². The van der Waals surface area contributed by atoms with Gasteiger partial charge in [0, 0.05) is 20.1 Å². The van der Waals surface area contributed by atoms with E-state index in [0.717, 1.165) is 27.1 Å². The predicted octanol–water partition coefficient (Wildman–Crippen LogP) is 5.17. The van der Waals surface area contributed by atoms with Crippen molar-refractivity contribution in [3.8, 4) is 5.75 Å². The van der Waals surface area contributed by atoms with Gasteiger partial charge in [-0.3, -0.25) is 4.79 Å². The average Bonchev–Trinajstić information content (AvgIpc) is 3.31. The third-order valence-electron chi connectivity index (χ3n) is 4.90. The predicted molar refractivity (Wildman–Crippen MR) is 114 cm³/mol. The van der Waals surface area contributed by atoms with E-state index in [0.29, 0.717) is 18.8 Å². The highest BCUT2D eigenvalue weighted by atomic mass is 32.1. The van der Waals surface area contributed by atoms with E-state index in [4.69, 9.17) is 4.74 Å². The van der Waals surface area contributed by atoms with Crippen molar-refractivity contribution in [3.05, 3.63) is 88.7 Å². The van der Waals surface area contributed by atoms with Gasteiger partial charge < -0.3 is 14.2 Å². The average molecular weight is 408 g/mol. The van der Waals surface area contributed by atoms with Gasteiger partial charge in [0.15, 0.2) is 0 Å². The zero-order valence-corrected chi connectivity index (χ0v) is 17.1. The molecular formula is C23H21FN2O2S. The van der Waals surface area contributed by atoms with Crippen LogP contribution in [0.3, 0.4) is 0 Å². The van der Waals surface area contributed by atoms with Gasteiger partial charge in [-0.2, -0.15) is 0 Å². The number of aromatic nitrogens is 1. The third-order valence-corrected chi connectivity index (χ3v) is 5.75. The molecule has 6 heteroatoms. The van der Waals surface area contributed by atoms with E-state index < -0.39 is 0 Å². The Hall–Kier alpha value is -3.12. The first kappa shape index (κ1) is 19.2. The molecule has 148 valence electrons. The summed E-state index contributed by atoms with van der Waals surface area (Å²) >= 11 is 1.59. The number of fused-ring (bicyclic) bond motifs is 1. The second-order valence-electron chi connectivity index (χ2n) is 6.93. The van der Waals surface area contributed by atoms with Crippen LogP contribution in [0.1, 0.15) is 21.6 Å². The molecule has 2 aromatic carbocycles. The highest BCUT2D eigenvalue weighted by Gasteiger charge is 2.20. The Kier molecular flexibility index (Phi) is 5.36. The van der Waals surface area contributed by atoms with Gasteiger partial charge in [0.2, 0.25) is 0 Å². The number of hydrogen-bond acceptors (Lipinski definition) is 3. The van der Waals surface area contributed by atoms with E-state index in [2.05, 4.69) is 0 Å². The largest absolute Gasteiger partial charge is 0.497 e. The molecule has 4 nitrogen and oxygen atoms in total. The maximum Gasteiger partial charge on any atom is 0.270 e. The summed E-state index contributed by atoms with van der Waals surface area (Å²) in [6, 6.07) is 18.1. The molecule has 2 aromatic heterocycles. The van der Waals surface area contributed by atoms with Crippen molar-refractivity contribution in [1.82, 2.24) is 9.47 Å². The topological polar surface area (TPSA) is 34.5 Å². The minimum atomic E-state index is -0.277. The Balaban J connectivity index is 1.61. The molecular weight excluding hydrogens is 387 g/mol. The fourth-order valence-electron chi connectivity index (χ4n) is 3.41. The fraction of sp³-hybridized carbons (Fsp3) is 0.174. The number of carbonyl (C=O) groups excluding carboxylic acids is 1. The molecule has 4 rings (SSSR count). The monoisotopic (exact) mass is 408 g/mol. The second-order valence-corrected chi connectivity index (χ2v) is 7.87. The van der Waals surface area contributed by atoms with Gasteiger partial charge in [0.1, 0.15) is 17.3 Å². The number of hydrogen-bond donors (Lipinski definition) is 0. The second kappa shape index (κ2) is 8.09. The van der Waals surface area contributed by atoms with Gasteiger partial charge in [0.25, 0.3) is 5.91 Å². The molecule has 0 aliphatic rings. The van der Waals surface area contributed by atoms with Crippen LogP contribution in [0.2, 0.25) is 0 Å². The van der Waals surface area contributed by atoms with E-state index in [1.54, 1.807) is 36.5 Å². The van der Waals surface area contributed by atoms with E-state index in [1.165, 1.54) is 12.1 Å². The van der Waals surface area contributed by atoms with Gasteiger partial charge in [-0.05, 0) is 52.9 Å². The normalized spacial score (nSPS) is 11.0. The molecule has 0 unspecified atom stereocenters. The Labute approximate surface area is 172 Å². The van der Waals surface area contributed by atoms with Crippen LogP contribution in [0.15, 0.2) is 66.0 Å². The lowest BCUT2D eigenvalue weighted by Gasteiger charge is -2.19. The molecule has 0 bridgehead atoms. The Morgan fingerprint density at radius 3 is 2.62 bits per heavy atom. The van der Waals surface area contributed by atoms with Gasteiger partial charge in [-0.1, -0.05) is 24.3 Å². The van der Waals surface area contributed by atoms with Crippen LogP contribution < -0.4 is 4.74 Å². The molecule has 0 spiro atoms. The van der Waals surface area contributed by atoms with E-state index in [1.807, 2.05) is 52.4 Å². The summed E-state index contributed by atoms with van der Waals surface area (Å²) in [7, 11) is 3.42. The SMILES string of the molecule is COc1ccc(CN(C)C(=O)c2cc3sccc3n2Cc2cccc(F)c2)cc1. The lowest BCUT2D eigenvalue weighted by atomic mass is 10.2. The number of thiophene rings is 1. The maximum absolute atomic E-state index is 13.6. The van der Waals surface area contributed by atoms with Crippen LogP contribution in [-0.4, -0.2) is 29.5 Å². The molecule has 29 heavy (non-hydrogen) atoms. The Bertz CT molecular complexity index is 1150. The molecule has 2 heterocycles. The van der Waals surface area contributed by atoms with Crippen molar-refractivity contribution < 1.29 is 13.9 Å². The number of rotatable bonds is 6. The fourth-order valence-corrected chi connectivity index (χ4v) is 4.24. The standard InChI is InChI=1S/C23H21FN2O2S/c1-25(14-16-6-8-19(28-2)9-7-16)23(27)21-13-22-20(10-11-29-22)26(21)15-17-4-3-5-18(24)12-17/h3-13H,14-15H2,1-2H3. The first-order chi connectivity index (χ1) is 14.0. The van der Waals surface area contributed by atoms with Gasteiger partial charge in [-0.25, -0.2) is 4.39 Å². The van der Waals surface area contributed by atoms with E-state index in [-0.39, 0.29) is 11.7 Å². The number of halogens is 1. The number of methoxy groups -OCH3 is 1. The zero-order chi connectivity index (χ0) is 20.4. The minimum absolute atomic E-state index is 0.0689. The summed E-state index contributed by atoms with van der Waals surface area (Å²) < 4.78 is 21.8. The molecule has 0 saturated heterocycles. The third kappa shape index (κ3) is 4.03. The van der Waals surface area contributed by atoms with Crippen molar-refractivity contribution in [3.63, 3.8) is 0 Å². The first-order valence-electron chi connectivity index (χ1n) is 9.24. The van der Waals surface area contributed by atoms with E-state index in [9.17, 15) is 9.18 Å². The van der Waals surface area contributed by atoms with Gasteiger partial charge in [0.05, 0.1) is 17.3 Å². The Morgan fingerprint density at radius 2 is 1.90 bits per heavy atom. The van der Waals surface area contributed by atoms with Crippen molar-refractivity contribution in [2.45, 2.75) is 13.1 Å². The molecule has 0 N–H and O–H groups in total. The summed E-state index contributed by atoms with van der Waals surface area (Å²) in [4.78, 5) is 14.9. The summed E-state index contributed by atoms with van der Waals surface area (Å²) in [5.41, 5.74) is 3.43. The molecule has 0 aliphatic carbocycles. The van der Waals surface area contributed by atoms with Crippen molar-refractivity contribution in [2.75, 3.05) is 14.2 Å². The molecule has 0 atom stereocenters. The number of nitrogens with zero attached hydrogens (tertiary/aromatic N) is 2. The summed E-state index contributed by atoms with van der Waals surface area (Å²) in [5, 5.41) is 2.00. The first-order valence-corrected chi connectivity index (χ1v) is 10.1. The molecule has 0 saturated carbocycles. The quantitative estimate of drug-likeness (QED) is 0.441. The highest BCUT2D eigenvalue weighted by Crippen LogP contribution is 2.27. The van der Waals surface area contributed by atoms with Gasteiger partial charge in [-0.15, -0.1) is 11.3 Å². The molecule has 0 aliphatic heterocycles. The number of carbonyl (C=O) groups is 1. The zero-order valence-electron chi connectivity index (χ0n) is 16.3. The van der Waals surface area contributed by atoms with E-state index >= 15 is 0 Å². The number of amides is 1. The van der Waals surface area contributed by atoms with Crippen molar-refractivity contribution in [2.24, 2.45) is 0 Å². The van der Waals surface area contributed by atoms with Crippen molar-refractivity contribution in [1.29, 1.82) is 0 Å². The molecule has 1 amide bonds. The summed E-state index contributed by atoms with van der Waals surface area (Å²) in [6.07, 6.45) is 0. The Morgan fingerprint density at radius 1 is 1.10 bits per heavy atom. The van der Waals surface area contributed by atoms with Crippen LogP contribution in [-0.2, 0) is 13.1 Å². The lowest BCUT2D eigenvalue weighted by molar-refractivity contribution is 0.0775. The number of ether oxygens (including phenoxy) is 1. The molecule has 0 fully saturated rings. The molecule has 4 aromatic rings. The van der Waals surface area contributed by atoms with Crippen LogP contribution in [0.4, 0.5) is 4.39 Å².